The first-order valence-corrected chi connectivity index (χ1v) is 6.02. The summed E-state index contributed by atoms with van der Waals surface area (Å²) < 4.78 is 51.3. The maximum Gasteiger partial charge on any atom is 0.416 e. The van der Waals surface area contributed by atoms with Gasteiger partial charge in [-0.1, -0.05) is 36.4 Å². The van der Waals surface area contributed by atoms with Crippen LogP contribution in [0.15, 0.2) is 54.6 Å². The molecule has 0 aromatic heterocycles. The molecule has 5 heteroatoms. The zero-order chi connectivity index (χ0) is 15.5. The number of hydrogen-bond acceptors (Lipinski definition) is 1. The minimum Gasteiger partial charge on any atom is -0.289 e. The molecule has 21 heavy (non-hydrogen) atoms. The lowest BCUT2D eigenvalue weighted by atomic mass is 10.0. The average molecular weight is 294 g/mol. The Labute approximate surface area is 118 Å². The largest absolute Gasteiger partial charge is 0.416 e. The van der Waals surface area contributed by atoms with Crippen LogP contribution in [0.2, 0.25) is 0 Å². The van der Waals surface area contributed by atoms with Gasteiger partial charge in [-0.3, -0.25) is 4.79 Å². The van der Waals surface area contributed by atoms with Crippen LogP contribution in [0, 0.1) is 5.82 Å². The van der Waals surface area contributed by atoms with Crippen LogP contribution in [-0.4, -0.2) is 5.78 Å². The number of hydrogen-bond donors (Lipinski definition) is 0. The van der Waals surface area contributed by atoms with Gasteiger partial charge in [-0.2, -0.15) is 13.2 Å². The number of rotatable bonds is 3. The van der Waals surface area contributed by atoms with E-state index in [2.05, 4.69) is 0 Å². The first-order chi connectivity index (χ1) is 9.88. The molecule has 2 aromatic rings. The summed E-state index contributed by atoms with van der Waals surface area (Å²) in [6.45, 7) is 0. The molecule has 0 atom stereocenters. The molecule has 0 amide bonds. The van der Waals surface area contributed by atoms with Crippen LogP contribution < -0.4 is 0 Å². The molecule has 0 bridgehead atoms. The van der Waals surface area contributed by atoms with Gasteiger partial charge in [0.2, 0.25) is 0 Å². The Balaban J connectivity index is 2.28. The van der Waals surface area contributed by atoms with Gasteiger partial charge < -0.3 is 0 Å². The van der Waals surface area contributed by atoms with Crippen molar-refractivity contribution >= 4 is 11.9 Å². The highest BCUT2D eigenvalue weighted by atomic mass is 19.4. The third-order valence-electron chi connectivity index (χ3n) is 2.79. The molecule has 0 aliphatic heterocycles. The Morgan fingerprint density at radius 2 is 1.71 bits per heavy atom. The molecule has 0 aliphatic rings. The van der Waals surface area contributed by atoms with Crippen LogP contribution >= 0.6 is 0 Å². The van der Waals surface area contributed by atoms with Gasteiger partial charge >= 0.3 is 6.18 Å². The summed E-state index contributed by atoms with van der Waals surface area (Å²) in [6, 6.07) is 9.88. The van der Waals surface area contributed by atoms with Gasteiger partial charge in [0, 0.05) is 5.56 Å². The highest BCUT2D eigenvalue weighted by Crippen LogP contribution is 2.32. The molecule has 0 heterocycles. The van der Waals surface area contributed by atoms with Crippen molar-refractivity contribution in [1.82, 2.24) is 0 Å². The third kappa shape index (κ3) is 3.78. The smallest absolute Gasteiger partial charge is 0.289 e. The lowest BCUT2D eigenvalue weighted by molar-refractivity contribution is -0.137. The molecule has 0 fully saturated rings. The monoisotopic (exact) mass is 294 g/mol. The van der Waals surface area contributed by atoms with Gasteiger partial charge in [-0.25, -0.2) is 4.39 Å². The van der Waals surface area contributed by atoms with E-state index < -0.39 is 23.3 Å². The van der Waals surface area contributed by atoms with Crippen molar-refractivity contribution in [3.05, 3.63) is 77.1 Å². The molecule has 0 spiro atoms. The quantitative estimate of drug-likeness (QED) is 0.454. The average Bonchev–Trinajstić information content (AvgIpc) is 2.44. The number of ketones is 1. The summed E-state index contributed by atoms with van der Waals surface area (Å²) in [7, 11) is 0. The van der Waals surface area contributed by atoms with E-state index in [0.29, 0.717) is 0 Å². The summed E-state index contributed by atoms with van der Waals surface area (Å²) in [5, 5.41) is 0. The number of carbonyl (C=O) groups excluding carboxylic acids is 1. The predicted octanol–water partition coefficient (Wildman–Crippen LogP) is 4.74. The van der Waals surface area contributed by atoms with Crippen molar-refractivity contribution in [3.8, 4) is 0 Å². The standard InChI is InChI=1S/C16H10F4O/c17-13-6-3-5-12(10-13)15(21)9-8-11-4-1-2-7-14(11)16(18,19)20/h1-10H/b9-8+. The Morgan fingerprint density at radius 1 is 1.00 bits per heavy atom. The molecule has 0 aliphatic carbocycles. The number of carbonyl (C=O) groups is 1. The van der Waals surface area contributed by atoms with Gasteiger partial charge in [-0.15, -0.1) is 0 Å². The fourth-order valence-electron chi connectivity index (χ4n) is 1.80. The van der Waals surface area contributed by atoms with Gasteiger partial charge in [0.15, 0.2) is 5.78 Å². The van der Waals surface area contributed by atoms with Gasteiger partial charge in [-0.05, 0) is 29.8 Å². The molecule has 2 rings (SSSR count). The van der Waals surface area contributed by atoms with E-state index >= 15 is 0 Å². The molecule has 0 unspecified atom stereocenters. The van der Waals surface area contributed by atoms with E-state index in [1.165, 1.54) is 36.4 Å². The van der Waals surface area contributed by atoms with Crippen molar-refractivity contribution < 1.29 is 22.4 Å². The minimum absolute atomic E-state index is 0.0794. The molecule has 0 N–H and O–H groups in total. The van der Waals surface area contributed by atoms with Crippen LogP contribution in [0.4, 0.5) is 17.6 Å². The van der Waals surface area contributed by atoms with E-state index in [4.69, 9.17) is 0 Å². The van der Waals surface area contributed by atoms with Gasteiger partial charge in [0.1, 0.15) is 5.82 Å². The molecule has 0 saturated heterocycles. The maximum absolute atomic E-state index is 13.0. The number of halogens is 4. The second kappa shape index (κ2) is 5.91. The highest BCUT2D eigenvalue weighted by molar-refractivity contribution is 6.06. The van der Waals surface area contributed by atoms with Crippen LogP contribution in [0.1, 0.15) is 21.5 Å². The second-order valence-electron chi connectivity index (χ2n) is 4.29. The van der Waals surface area contributed by atoms with E-state index in [9.17, 15) is 22.4 Å². The zero-order valence-electron chi connectivity index (χ0n) is 10.7. The first-order valence-electron chi connectivity index (χ1n) is 6.02. The van der Waals surface area contributed by atoms with Crippen molar-refractivity contribution in [3.63, 3.8) is 0 Å². The molecule has 2 aromatic carbocycles. The maximum atomic E-state index is 13.0. The Kier molecular flexibility index (Phi) is 4.21. The van der Waals surface area contributed by atoms with E-state index in [1.807, 2.05) is 0 Å². The van der Waals surface area contributed by atoms with E-state index in [-0.39, 0.29) is 11.1 Å². The number of benzene rings is 2. The summed E-state index contributed by atoms with van der Waals surface area (Å²) >= 11 is 0. The summed E-state index contributed by atoms with van der Waals surface area (Å²) in [6.07, 6.45) is -2.42. The Hall–Kier alpha value is -2.43. The van der Waals surface area contributed by atoms with Crippen molar-refractivity contribution in [1.29, 1.82) is 0 Å². The van der Waals surface area contributed by atoms with E-state index in [1.54, 1.807) is 0 Å². The normalized spacial score (nSPS) is 11.8. The van der Waals surface area contributed by atoms with Crippen LogP contribution in [0.3, 0.4) is 0 Å². The number of alkyl halides is 3. The lowest BCUT2D eigenvalue weighted by Gasteiger charge is -2.09. The predicted molar refractivity (Wildman–Crippen MR) is 71.2 cm³/mol. The SMILES string of the molecule is O=C(/C=C/c1ccccc1C(F)(F)F)c1cccc(F)c1. The minimum atomic E-state index is -4.50. The third-order valence-corrected chi connectivity index (χ3v) is 2.79. The summed E-state index contributed by atoms with van der Waals surface area (Å²) in [5.74, 6) is -1.14. The van der Waals surface area contributed by atoms with E-state index in [0.717, 1.165) is 24.3 Å². The number of allylic oxidation sites excluding steroid dienone is 1. The van der Waals surface area contributed by atoms with Crippen molar-refractivity contribution in [2.24, 2.45) is 0 Å². The van der Waals surface area contributed by atoms with Crippen LogP contribution in [0.25, 0.3) is 6.08 Å². The highest BCUT2D eigenvalue weighted by Gasteiger charge is 2.32. The summed E-state index contributed by atoms with van der Waals surface area (Å²) in [4.78, 5) is 11.8. The fraction of sp³-hybridized carbons (Fsp3) is 0.0625. The van der Waals surface area contributed by atoms with Crippen molar-refractivity contribution in [2.75, 3.05) is 0 Å². The Bertz CT molecular complexity index is 687. The van der Waals surface area contributed by atoms with Gasteiger partial charge in [0.05, 0.1) is 5.56 Å². The topological polar surface area (TPSA) is 17.1 Å². The molecule has 0 radical (unpaired) electrons. The van der Waals surface area contributed by atoms with Gasteiger partial charge in [0.25, 0.3) is 0 Å². The van der Waals surface area contributed by atoms with Crippen LogP contribution in [-0.2, 0) is 6.18 Å². The first kappa shape index (κ1) is 15.0. The lowest BCUT2D eigenvalue weighted by Crippen LogP contribution is -2.07. The Morgan fingerprint density at radius 3 is 2.38 bits per heavy atom. The second-order valence-corrected chi connectivity index (χ2v) is 4.29. The molecule has 1 nitrogen and oxygen atoms in total. The molecule has 108 valence electrons. The molecular formula is C16H10F4O. The fourth-order valence-corrected chi connectivity index (χ4v) is 1.80. The zero-order valence-corrected chi connectivity index (χ0v) is 10.7. The summed E-state index contributed by atoms with van der Waals surface area (Å²) in [5.41, 5.74) is -0.862. The van der Waals surface area contributed by atoms with Crippen LogP contribution in [0.5, 0.6) is 0 Å². The van der Waals surface area contributed by atoms with Crippen molar-refractivity contribution in [2.45, 2.75) is 6.18 Å². The molecule has 0 saturated carbocycles. The molecular weight excluding hydrogens is 284 g/mol.